The molecule has 148 valence electrons. The van der Waals surface area contributed by atoms with Gasteiger partial charge in [0.1, 0.15) is 5.75 Å². The van der Waals surface area contributed by atoms with E-state index in [4.69, 9.17) is 4.74 Å². The minimum Gasteiger partial charge on any atom is -0.497 e. The molecule has 27 heavy (non-hydrogen) atoms. The maximum atomic E-state index is 5.43. The van der Waals surface area contributed by atoms with Crippen molar-refractivity contribution in [2.75, 3.05) is 7.11 Å². The SMILES string of the molecule is CC.CCC1CCCC(CC)C1(c1ccc(OC)cc1)c1ccccc1C. The Morgan fingerprint density at radius 3 is 1.93 bits per heavy atom. The van der Waals surface area contributed by atoms with Crippen molar-refractivity contribution < 1.29 is 4.74 Å². The molecule has 2 atom stereocenters. The molecule has 1 aliphatic rings. The van der Waals surface area contributed by atoms with Crippen LogP contribution in [0.25, 0.3) is 0 Å². The lowest BCUT2D eigenvalue weighted by Gasteiger charge is -2.51. The monoisotopic (exact) mass is 366 g/mol. The van der Waals surface area contributed by atoms with Gasteiger partial charge in [-0.05, 0) is 60.4 Å². The van der Waals surface area contributed by atoms with Crippen molar-refractivity contribution in [1.82, 2.24) is 0 Å². The van der Waals surface area contributed by atoms with Crippen LogP contribution in [0.5, 0.6) is 5.75 Å². The zero-order chi connectivity index (χ0) is 19.9. The summed E-state index contributed by atoms with van der Waals surface area (Å²) in [5.41, 5.74) is 4.57. The van der Waals surface area contributed by atoms with Crippen LogP contribution in [0.2, 0.25) is 0 Å². The molecule has 0 N–H and O–H groups in total. The van der Waals surface area contributed by atoms with E-state index in [9.17, 15) is 0 Å². The molecule has 0 heterocycles. The minimum atomic E-state index is 0.124. The molecule has 0 radical (unpaired) electrons. The fraction of sp³-hybridized carbons (Fsp3) is 0.538. The Kier molecular flexibility index (Phi) is 7.95. The molecular formula is C26H38O. The molecule has 1 nitrogen and oxygen atoms in total. The van der Waals surface area contributed by atoms with E-state index in [0.29, 0.717) is 11.8 Å². The summed E-state index contributed by atoms with van der Waals surface area (Å²) in [6.07, 6.45) is 6.48. The van der Waals surface area contributed by atoms with Gasteiger partial charge in [-0.25, -0.2) is 0 Å². The molecule has 0 saturated heterocycles. The number of benzene rings is 2. The van der Waals surface area contributed by atoms with Crippen molar-refractivity contribution in [1.29, 1.82) is 0 Å². The van der Waals surface area contributed by atoms with Crippen LogP contribution in [-0.2, 0) is 5.41 Å². The predicted octanol–water partition coefficient (Wildman–Crippen LogP) is 7.55. The minimum absolute atomic E-state index is 0.124. The van der Waals surface area contributed by atoms with Crippen molar-refractivity contribution in [3.05, 3.63) is 65.2 Å². The second kappa shape index (κ2) is 9.97. The number of hydrogen-bond donors (Lipinski definition) is 0. The van der Waals surface area contributed by atoms with Crippen LogP contribution in [0, 0.1) is 18.8 Å². The van der Waals surface area contributed by atoms with Gasteiger partial charge in [-0.15, -0.1) is 0 Å². The van der Waals surface area contributed by atoms with Gasteiger partial charge >= 0.3 is 0 Å². The van der Waals surface area contributed by atoms with Crippen molar-refractivity contribution in [3.8, 4) is 5.75 Å². The second-order valence-electron chi connectivity index (χ2n) is 7.55. The zero-order valence-corrected chi connectivity index (χ0v) is 18.2. The Hall–Kier alpha value is -1.76. The van der Waals surface area contributed by atoms with Crippen LogP contribution in [0.1, 0.15) is 76.5 Å². The van der Waals surface area contributed by atoms with E-state index in [-0.39, 0.29) is 5.41 Å². The molecule has 2 unspecified atom stereocenters. The van der Waals surface area contributed by atoms with Gasteiger partial charge in [0, 0.05) is 5.41 Å². The standard InChI is InChI=1S/C24H32O.C2H6/c1-5-19-11-9-12-20(6-2)24(19,23-13-8-7-10-18(23)3)21-14-16-22(25-4)17-15-21;1-2/h7-8,10,13-17,19-20H,5-6,9,11-12H2,1-4H3;1-2H3. The summed E-state index contributed by atoms with van der Waals surface area (Å²) in [7, 11) is 1.75. The van der Waals surface area contributed by atoms with Gasteiger partial charge in [0.2, 0.25) is 0 Å². The summed E-state index contributed by atoms with van der Waals surface area (Å²) in [5.74, 6) is 2.34. The molecule has 1 fully saturated rings. The summed E-state index contributed by atoms with van der Waals surface area (Å²) in [6, 6.07) is 18.0. The lowest BCUT2D eigenvalue weighted by Crippen LogP contribution is -2.46. The molecule has 0 aromatic heterocycles. The topological polar surface area (TPSA) is 9.23 Å². The quantitative estimate of drug-likeness (QED) is 0.530. The van der Waals surface area contributed by atoms with Crippen LogP contribution in [0.15, 0.2) is 48.5 Å². The first kappa shape index (κ1) is 21.5. The van der Waals surface area contributed by atoms with E-state index in [1.165, 1.54) is 43.2 Å². The van der Waals surface area contributed by atoms with Crippen LogP contribution in [-0.4, -0.2) is 7.11 Å². The van der Waals surface area contributed by atoms with E-state index in [1.807, 2.05) is 13.8 Å². The smallest absolute Gasteiger partial charge is 0.118 e. The van der Waals surface area contributed by atoms with Gasteiger partial charge < -0.3 is 4.74 Å². The first-order valence-corrected chi connectivity index (χ1v) is 10.9. The third kappa shape index (κ3) is 3.93. The zero-order valence-electron chi connectivity index (χ0n) is 18.2. The average Bonchev–Trinajstić information content (AvgIpc) is 2.74. The molecule has 3 rings (SSSR count). The van der Waals surface area contributed by atoms with Crippen molar-refractivity contribution in [2.45, 2.75) is 72.1 Å². The summed E-state index contributed by atoms with van der Waals surface area (Å²) in [6.45, 7) is 11.0. The highest BCUT2D eigenvalue weighted by molar-refractivity contribution is 5.47. The molecule has 2 aromatic rings. The van der Waals surface area contributed by atoms with Gasteiger partial charge in [-0.2, -0.15) is 0 Å². The Morgan fingerprint density at radius 1 is 0.889 bits per heavy atom. The summed E-state index contributed by atoms with van der Waals surface area (Å²) in [5, 5.41) is 0. The van der Waals surface area contributed by atoms with Crippen LogP contribution in [0.3, 0.4) is 0 Å². The third-order valence-electron chi connectivity index (χ3n) is 6.54. The van der Waals surface area contributed by atoms with Crippen molar-refractivity contribution in [2.24, 2.45) is 11.8 Å². The molecule has 1 saturated carbocycles. The number of ether oxygens (including phenoxy) is 1. The van der Waals surface area contributed by atoms with Gasteiger partial charge in [-0.1, -0.05) is 83.4 Å². The maximum Gasteiger partial charge on any atom is 0.118 e. The summed E-state index contributed by atoms with van der Waals surface area (Å²) in [4.78, 5) is 0. The Bertz CT molecular complexity index is 674. The summed E-state index contributed by atoms with van der Waals surface area (Å²) < 4.78 is 5.43. The predicted molar refractivity (Wildman–Crippen MR) is 118 cm³/mol. The Morgan fingerprint density at radius 2 is 1.44 bits per heavy atom. The van der Waals surface area contributed by atoms with Crippen LogP contribution in [0.4, 0.5) is 0 Å². The molecule has 1 aliphatic carbocycles. The number of hydrogen-bond acceptors (Lipinski definition) is 1. The van der Waals surface area contributed by atoms with E-state index < -0.39 is 0 Å². The average molecular weight is 367 g/mol. The number of rotatable bonds is 5. The maximum absolute atomic E-state index is 5.43. The highest BCUT2D eigenvalue weighted by atomic mass is 16.5. The molecule has 0 spiro atoms. The second-order valence-corrected chi connectivity index (χ2v) is 7.55. The number of aryl methyl sites for hydroxylation is 1. The van der Waals surface area contributed by atoms with Gasteiger partial charge in [0.25, 0.3) is 0 Å². The van der Waals surface area contributed by atoms with E-state index in [1.54, 1.807) is 12.7 Å². The fourth-order valence-electron chi connectivity index (χ4n) is 5.42. The highest BCUT2D eigenvalue weighted by Crippen LogP contribution is 2.55. The lowest BCUT2D eigenvalue weighted by atomic mass is 9.52. The van der Waals surface area contributed by atoms with E-state index >= 15 is 0 Å². The highest BCUT2D eigenvalue weighted by Gasteiger charge is 2.48. The molecule has 0 aliphatic heterocycles. The lowest BCUT2D eigenvalue weighted by molar-refractivity contribution is 0.132. The Balaban J connectivity index is 0.00000126. The van der Waals surface area contributed by atoms with Gasteiger partial charge in [0.15, 0.2) is 0 Å². The Labute approximate surface area is 167 Å². The van der Waals surface area contributed by atoms with Crippen molar-refractivity contribution in [3.63, 3.8) is 0 Å². The number of methoxy groups -OCH3 is 1. The largest absolute Gasteiger partial charge is 0.497 e. The van der Waals surface area contributed by atoms with Crippen LogP contribution < -0.4 is 4.74 Å². The van der Waals surface area contributed by atoms with Crippen LogP contribution >= 0.6 is 0 Å². The first-order valence-electron chi connectivity index (χ1n) is 10.9. The van der Waals surface area contributed by atoms with Gasteiger partial charge in [0.05, 0.1) is 7.11 Å². The van der Waals surface area contributed by atoms with E-state index in [0.717, 1.165) is 5.75 Å². The van der Waals surface area contributed by atoms with Gasteiger partial charge in [-0.3, -0.25) is 0 Å². The molecule has 1 heteroatoms. The third-order valence-corrected chi connectivity index (χ3v) is 6.54. The molecule has 2 aromatic carbocycles. The molecular weight excluding hydrogens is 328 g/mol. The van der Waals surface area contributed by atoms with Crippen molar-refractivity contribution >= 4 is 0 Å². The fourth-order valence-corrected chi connectivity index (χ4v) is 5.42. The summed E-state index contributed by atoms with van der Waals surface area (Å²) >= 11 is 0. The normalized spacial score (nSPS) is 24.7. The van der Waals surface area contributed by atoms with E-state index in [2.05, 4.69) is 69.3 Å². The molecule has 0 amide bonds. The first-order chi connectivity index (χ1) is 13.2. The molecule has 0 bridgehead atoms.